The molecule has 1 aliphatic heterocycles. The Hall–Kier alpha value is -0.650. The van der Waals surface area contributed by atoms with Gasteiger partial charge in [0.2, 0.25) is 0 Å². The smallest absolute Gasteiger partial charge is 0.262 e. The molecule has 1 unspecified atom stereocenters. The molecule has 2 rings (SSSR count). The Morgan fingerprint density at radius 3 is 2.93 bits per heavy atom. The van der Waals surface area contributed by atoms with E-state index < -0.39 is 5.60 Å². The lowest BCUT2D eigenvalue weighted by Gasteiger charge is -2.21. The van der Waals surface area contributed by atoms with E-state index in [0.29, 0.717) is 17.4 Å². The second-order valence-electron chi connectivity index (χ2n) is 3.52. The first kappa shape index (κ1) is 9.89. The maximum absolute atomic E-state index is 11.1. The predicted octanol–water partition coefficient (Wildman–Crippen LogP) is 0.318. The average molecular weight is 259 g/mol. The molecular weight excluding hydrogens is 248 g/mol. The number of aromatic nitrogens is 1. The van der Waals surface area contributed by atoms with Gasteiger partial charge in [-0.05, 0) is 35.0 Å². The van der Waals surface area contributed by atoms with Crippen molar-refractivity contribution in [3.05, 3.63) is 32.7 Å². The standard InChI is InChI=1S/C9H11BrN2O2/c10-7-3-6(4-12-8(7)13)9(14)1-2-11-5-9/h3-4,11,14H,1-2,5H2,(H,12,13). The molecular formula is C9H11BrN2O2. The summed E-state index contributed by atoms with van der Waals surface area (Å²) in [7, 11) is 0. The summed E-state index contributed by atoms with van der Waals surface area (Å²) in [5.41, 5.74) is -0.274. The van der Waals surface area contributed by atoms with Gasteiger partial charge < -0.3 is 15.4 Å². The zero-order valence-corrected chi connectivity index (χ0v) is 9.10. The fourth-order valence-corrected chi connectivity index (χ4v) is 2.01. The van der Waals surface area contributed by atoms with Crippen LogP contribution >= 0.6 is 15.9 Å². The third-order valence-electron chi connectivity index (χ3n) is 2.53. The van der Waals surface area contributed by atoms with Crippen LogP contribution < -0.4 is 10.9 Å². The van der Waals surface area contributed by atoms with E-state index in [1.54, 1.807) is 12.3 Å². The molecule has 1 aromatic heterocycles. The predicted molar refractivity (Wildman–Crippen MR) is 56.1 cm³/mol. The summed E-state index contributed by atoms with van der Waals surface area (Å²) in [4.78, 5) is 13.7. The molecule has 0 bridgehead atoms. The summed E-state index contributed by atoms with van der Waals surface area (Å²) < 4.78 is 0.454. The Balaban J connectivity index is 2.41. The zero-order chi connectivity index (χ0) is 10.2. The number of β-amino-alcohol motifs (C(OH)–C–C–N with tert-alkyl or cyclic N) is 1. The van der Waals surface area contributed by atoms with Crippen LogP contribution in [0.15, 0.2) is 21.5 Å². The molecule has 1 saturated heterocycles. The van der Waals surface area contributed by atoms with Crippen LogP contribution in [0.5, 0.6) is 0 Å². The second kappa shape index (κ2) is 3.49. The van der Waals surface area contributed by atoms with E-state index in [-0.39, 0.29) is 5.56 Å². The molecule has 2 heterocycles. The van der Waals surface area contributed by atoms with Crippen molar-refractivity contribution in [3.63, 3.8) is 0 Å². The Morgan fingerprint density at radius 2 is 2.36 bits per heavy atom. The van der Waals surface area contributed by atoms with Crippen molar-refractivity contribution in [2.24, 2.45) is 0 Å². The average Bonchev–Trinajstić information content (AvgIpc) is 2.58. The van der Waals surface area contributed by atoms with E-state index in [1.165, 1.54) is 0 Å². The van der Waals surface area contributed by atoms with Gasteiger partial charge in [-0.15, -0.1) is 0 Å². The Morgan fingerprint density at radius 1 is 1.57 bits per heavy atom. The van der Waals surface area contributed by atoms with Crippen molar-refractivity contribution in [2.45, 2.75) is 12.0 Å². The molecule has 1 atom stereocenters. The van der Waals surface area contributed by atoms with Crippen LogP contribution in [-0.2, 0) is 5.60 Å². The third kappa shape index (κ3) is 1.63. The first-order valence-electron chi connectivity index (χ1n) is 4.44. The number of pyridine rings is 1. The minimum atomic E-state index is -0.841. The van der Waals surface area contributed by atoms with Crippen LogP contribution in [0.3, 0.4) is 0 Å². The Bertz CT molecular complexity index is 396. The van der Waals surface area contributed by atoms with Gasteiger partial charge >= 0.3 is 0 Å². The van der Waals surface area contributed by atoms with Crippen molar-refractivity contribution in [1.29, 1.82) is 0 Å². The number of hydrogen-bond acceptors (Lipinski definition) is 3. The number of H-pyrrole nitrogens is 1. The lowest BCUT2D eigenvalue weighted by molar-refractivity contribution is 0.0583. The monoisotopic (exact) mass is 258 g/mol. The molecule has 0 aliphatic carbocycles. The molecule has 0 aromatic carbocycles. The lowest BCUT2D eigenvalue weighted by atomic mass is 9.95. The number of halogens is 1. The molecule has 1 aliphatic rings. The normalized spacial score (nSPS) is 26.7. The van der Waals surface area contributed by atoms with Gasteiger partial charge in [-0.25, -0.2) is 0 Å². The third-order valence-corrected chi connectivity index (χ3v) is 3.12. The van der Waals surface area contributed by atoms with Crippen LogP contribution in [0.1, 0.15) is 12.0 Å². The molecule has 0 amide bonds. The maximum atomic E-state index is 11.1. The summed E-state index contributed by atoms with van der Waals surface area (Å²) >= 11 is 3.14. The van der Waals surface area contributed by atoms with Gasteiger partial charge in [0.25, 0.3) is 5.56 Å². The highest BCUT2D eigenvalue weighted by molar-refractivity contribution is 9.10. The Labute approximate surface area is 89.5 Å². The summed E-state index contributed by atoms with van der Waals surface area (Å²) in [5.74, 6) is 0. The number of aromatic amines is 1. The van der Waals surface area contributed by atoms with Crippen molar-refractivity contribution < 1.29 is 5.11 Å². The maximum Gasteiger partial charge on any atom is 0.262 e. The van der Waals surface area contributed by atoms with E-state index in [2.05, 4.69) is 26.2 Å². The molecule has 4 nitrogen and oxygen atoms in total. The van der Waals surface area contributed by atoms with Gasteiger partial charge in [0.05, 0.1) is 4.47 Å². The van der Waals surface area contributed by atoms with Crippen molar-refractivity contribution >= 4 is 15.9 Å². The van der Waals surface area contributed by atoms with Crippen LogP contribution in [0.25, 0.3) is 0 Å². The number of aliphatic hydroxyl groups is 1. The van der Waals surface area contributed by atoms with E-state index in [0.717, 1.165) is 12.1 Å². The molecule has 1 aromatic rings. The number of rotatable bonds is 1. The van der Waals surface area contributed by atoms with E-state index in [9.17, 15) is 9.90 Å². The highest BCUT2D eigenvalue weighted by Crippen LogP contribution is 2.27. The molecule has 14 heavy (non-hydrogen) atoms. The molecule has 5 heteroatoms. The van der Waals surface area contributed by atoms with Crippen molar-refractivity contribution in [2.75, 3.05) is 13.1 Å². The number of hydrogen-bond donors (Lipinski definition) is 3. The first-order chi connectivity index (χ1) is 6.62. The van der Waals surface area contributed by atoms with Gasteiger partial charge in [-0.2, -0.15) is 0 Å². The zero-order valence-electron chi connectivity index (χ0n) is 7.51. The highest BCUT2D eigenvalue weighted by Gasteiger charge is 2.33. The van der Waals surface area contributed by atoms with Crippen LogP contribution in [-0.4, -0.2) is 23.2 Å². The van der Waals surface area contributed by atoms with Crippen LogP contribution in [0.2, 0.25) is 0 Å². The largest absolute Gasteiger partial charge is 0.384 e. The van der Waals surface area contributed by atoms with Crippen LogP contribution in [0.4, 0.5) is 0 Å². The topological polar surface area (TPSA) is 65.1 Å². The first-order valence-corrected chi connectivity index (χ1v) is 5.23. The van der Waals surface area contributed by atoms with Crippen molar-refractivity contribution in [3.8, 4) is 0 Å². The summed E-state index contributed by atoms with van der Waals surface area (Å²) in [6, 6.07) is 1.67. The summed E-state index contributed by atoms with van der Waals surface area (Å²) in [5, 5.41) is 13.3. The molecule has 76 valence electrons. The second-order valence-corrected chi connectivity index (χ2v) is 4.38. The summed E-state index contributed by atoms with van der Waals surface area (Å²) in [6.45, 7) is 1.33. The molecule has 0 saturated carbocycles. The van der Waals surface area contributed by atoms with Crippen LogP contribution in [0, 0.1) is 0 Å². The molecule has 0 spiro atoms. The van der Waals surface area contributed by atoms with Gasteiger partial charge in [0.15, 0.2) is 0 Å². The van der Waals surface area contributed by atoms with E-state index in [1.807, 2.05) is 0 Å². The number of nitrogens with one attached hydrogen (secondary N) is 2. The lowest BCUT2D eigenvalue weighted by Crippen LogP contribution is -2.29. The molecule has 3 N–H and O–H groups in total. The molecule has 0 radical (unpaired) electrons. The molecule has 1 fully saturated rings. The fourth-order valence-electron chi connectivity index (χ4n) is 1.65. The minimum Gasteiger partial charge on any atom is -0.384 e. The minimum absolute atomic E-state index is 0.177. The quantitative estimate of drug-likeness (QED) is 0.680. The van der Waals surface area contributed by atoms with Crippen molar-refractivity contribution in [1.82, 2.24) is 10.3 Å². The van der Waals surface area contributed by atoms with E-state index in [4.69, 9.17) is 0 Å². The fraction of sp³-hybridized carbons (Fsp3) is 0.444. The SMILES string of the molecule is O=c1[nH]cc(C2(O)CCNC2)cc1Br. The Kier molecular flexibility index (Phi) is 2.47. The van der Waals surface area contributed by atoms with Gasteiger partial charge in [0.1, 0.15) is 5.60 Å². The van der Waals surface area contributed by atoms with Gasteiger partial charge in [-0.1, -0.05) is 0 Å². The van der Waals surface area contributed by atoms with E-state index >= 15 is 0 Å². The summed E-state index contributed by atoms with van der Waals surface area (Å²) in [6.07, 6.45) is 2.24. The van der Waals surface area contributed by atoms with Gasteiger partial charge in [-0.3, -0.25) is 4.79 Å². The highest BCUT2D eigenvalue weighted by atomic mass is 79.9. The van der Waals surface area contributed by atoms with Gasteiger partial charge in [0, 0.05) is 18.3 Å².